The van der Waals surface area contributed by atoms with Crippen LogP contribution in [0.15, 0.2) is 23.1 Å². The number of nitrogens with zero attached hydrogens (tertiary/aromatic N) is 1. The molecule has 1 aliphatic heterocycles. The van der Waals surface area contributed by atoms with Crippen LogP contribution in [0.5, 0.6) is 11.5 Å². The Morgan fingerprint density at radius 1 is 1.32 bits per heavy atom. The van der Waals surface area contributed by atoms with Gasteiger partial charge in [0.1, 0.15) is 4.32 Å². The number of likely N-dealkylation sites (N-methyl/N-ethyl adjacent to an activating group) is 1. The molecule has 0 radical (unpaired) electrons. The lowest BCUT2D eigenvalue weighted by molar-refractivity contribution is -0.121. The fourth-order valence-electron chi connectivity index (χ4n) is 2.03. The van der Waals surface area contributed by atoms with Gasteiger partial charge >= 0.3 is 0 Å². The summed E-state index contributed by atoms with van der Waals surface area (Å²) in [5, 5.41) is 0. The molecule has 1 aliphatic rings. The van der Waals surface area contributed by atoms with E-state index in [1.54, 1.807) is 12.0 Å². The Balaban J connectivity index is 2.25. The van der Waals surface area contributed by atoms with E-state index in [4.69, 9.17) is 21.7 Å². The van der Waals surface area contributed by atoms with Gasteiger partial charge in [-0.1, -0.05) is 37.0 Å². The summed E-state index contributed by atoms with van der Waals surface area (Å²) >= 11 is 6.54. The van der Waals surface area contributed by atoms with Crippen molar-refractivity contribution < 1.29 is 14.3 Å². The van der Waals surface area contributed by atoms with Gasteiger partial charge in [0.2, 0.25) is 0 Å². The molecule has 6 heteroatoms. The van der Waals surface area contributed by atoms with Crippen LogP contribution in [0.3, 0.4) is 0 Å². The Bertz CT molecular complexity index is 613. The third-order valence-electron chi connectivity index (χ3n) is 3.14. The summed E-state index contributed by atoms with van der Waals surface area (Å²) < 4.78 is 11.6. The number of carbonyl (C=O) groups excluding carboxylic acids is 1. The molecule has 0 unspecified atom stereocenters. The second kappa shape index (κ2) is 7.65. The summed E-state index contributed by atoms with van der Waals surface area (Å²) in [5.41, 5.74) is 0.886. The van der Waals surface area contributed by atoms with Gasteiger partial charge in [0.15, 0.2) is 11.5 Å². The zero-order chi connectivity index (χ0) is 16.1. The van der Waals surface area contributed by atoms with Crippen molar-refractivity contribution in [3.63, 3.8) is 0 Å². The molecule has 118 valence electrons. The molecule has 1 aromatic carbocycles. The summed E-state index contributed by atoms with van der Waals surface area (Å²) in [5.74, 6) is 1.33. The smallest absolute Gasteiger partial charge is 0.266 e. The second-order valence-corrected chi connectivity index (χ2v) is 6.36. The minimum absolute atomic E-state index is 0.0391. The maximum atomic E-state index is 12.2. The number of hydrogen-bond donors (Lipinski definition) is 0. The predicted octanol–water partition coefficient (Wildman–Crippen LogP) is 3.71. The summed E-state index contributed by atoms with van der Waals surface area (Å²) in [6.45, 7) is 5.20. The Kier molecular flexibility index (Phi) is 5.85. The highest BCUT2D eigenvalue weighted by atomic mass is 32.2. The second-order valence-electron chi connectivity index (χ2n) is 4.68. The first-order chi connectivity index (χ1) is 10.6. The van der Waals surface area contributed by atoms with E-state index < -0.39 is 0 Å². The van der Waals surface area contributed by atoms with Gasteiger partial charge < -0.3 is 9.47 Å². The fraction of sp³-hybridized carbons (Fsp3) is 0.375. The number of amides is 1. The number of rotatable bonds is 6. The topological polar surface area (TPSA) is 38.8 Å². The van der Waals surface area contributed by atoms with Gasteiger partial charge in [0, 0.05) is 6.54 Å². The van der Waals surface area contributed by atoms with Crippen molar-refractivity contribution in [2.24, 2.45) is 0 Å². The molecule has 1 aromatic rings. The normalized spacial score (nSPS) is 16.5. The van der Waals surface area contributed by atoms with E-state index in [0.29, 0.717) is 33.9 Å². The highest BCUT2D eigenvalue weighted by Gasteiger charge is 2.30. The Hall–Kier alpha value is -1.53. The van der Waals surface area contributed by atoms with Crippen LogP contribution in [0.4, 0.5) is 0 Å². The number of benzene rings is 1. The summed E-state index contributed by atoms with van der Waals surface area (Å²) in [4.78, 5) is 14.4. The number of ether oxygens (including phenoxy) is 2. The molecule has 1 amide bonds. The molecule has 2 rings (SSSR count). The lowest BCUT2D eigenvalue weighted by atomic mass is 10.2. The SMILES string of the molecule is CCCOc1ccc(/C=C2/SC(=S)N(CC)C2=O)cc1OC. The maximum absolute atomic E-state index is 12.2. The van der Waals surface area contributed by atoms with Gasteiger partial charge in [-0.3, -0.25) is 9.69 Å². The molecule has 0 N–H and O–H groups in total. The van der Waals surface area contributed by atoms with E-state index in [-0.39, 0.29) is 5.91 Å². The Morgan fingerprint density at radius 2 is 2.09 bits per heavy atom. The van der Waals surface area contributed by atoms with Crippen LogP contribution in [0.2, 0.25) is 0 Å². The number of thioether (sulfide) groups is 1. The number of carbonyl (C=O) groups is 1. The molecular formula is C16H19NO3S2. The van der Waals surface area contributed by atoms with Crippen molar-refractivity contribution in [2.45, 2.75) is 20.3 Å². The zero-order valence-electron chi connectivity index (χ0n) is 12.9. The van der Waals surface area contributed by atoms with E-state index in [2.05, 4.69) is 6.92 Å². The van der Waals surface area contributed by atoms with E-state index in [9.17, 15) is 4.79 Å². The van der Waals surface area contributed by atoms with Crippen LogP contribution in [-0.2, 0) is 4.79 Å². The molecule has 1 fully saturated rings. The third kappa shape index (κ3) is 3.62. The number of thiocarbonyl (C=S) groups is 1. The molecule has 1 saturated heterocycles. The van der Waals surface area contributed by atoms with Crippen LogP contribution in [0.25, 0.3) is 6.08 Å². The standard InChI is InChI=1S/C16H19NO3S2/c1-4-8-20-12-7-6-11(9-13(12)19-3)10-14-15(18)17(5-2)16(21)22-14/h6-7,9-10H,4-5,8H2,1-3H3/b14-10+. The molecular weight excluding hydrogens is 318 g/mol. The molecule has 0 saturated carbocycles. The predicted molar refractivity (Wildman–Crippen MR) is 94.3 cm³/mol. The van der Waals surface area contributed by atoms with E-state index in [0.717, 1.165) is 12.0 Å². The minimum atomic E-state index is -0.0391. The summed E-state index contributed by atoms with van der Waals surface area (Å²) in [7, 11) is 1.61. The maximum Gasteiger partial charge on any atom is 0.266 e. The van der Waals surface area contributed by atoms with Gasteiger partial charge in [-0.15, -0.1) is 0 Å². The quantitative estimate of drug-likeness (QED) is 0.584. The van der Waals surface area contributed by atoms with E-state index in [1.807, 2.05) is 31.2 Å². The van der Waals surface area contributed by atoms with E-state index >= 15 is 0 Å². The molecule has 22 heavy (non-hydrogen) atoms. The molecule has 1 heterocycles. The highest BCUT2D eigenvalue weighted by molar-refractivity contribution is 8.26. The fourth-order valence-corrected chi connectivity index (χ4v) is 3.41. The van der Waals surface area contributed by atoms with Crippen molar-refractivity contribution in [1.29, 1.82) is 0 Å². The van der Waals surface area contributed by atoms with Crippen molar-refractivity contribution in [1.82, 2.24) is 4.90 Å². The van der Waals surface area contributed by atoms with Crippen molar-refractivity contribution in [3.05, 3.63) is 28.7 Å². The van der Waals surface area contributed by atoms with Crippen molar-refractivity contribution in [3.8, 4) is 11.5 Å². The van der Waals surface area contributed by atoms with E-state index in [1.165, 1.54) is 11.8 Å². The Labute approximate surface area is 140 Å². The van der Waals surface area contributed by atoms with Crippen molar-refractivity contribution >= 4 is 40.3 Å². The molecule has 0 bridgehead atoms. The first-order valence-corrected chi connectivity index (χ1v) is 8.39. The average Bonchev–Trinajstić information content (AvgIpc) is 2.79. The van der Waals surface area contributed by atoms with Crippen molar-refractivity contribution in [2.75, 3.05) is 20.3 Å². The third-order valence-corrected chi connectivity index (χ3v) is 4.51. The number of hydrogen-bond acceptors (Lipinski definition) is 5. The van der Waals surface area contributed by atoms with Gasteiger partial charge in [-0.2, -0.15) is 0 Å². The zero-order valence-corrected chi connectivity index (χ0v) is 14.6. The van der Waals surface area contributed by atoms with Crippen LogP contribution >= 0.6 is 24.0 Å². The van der Waals surface area contributed by atoms with Crippen LogP contribution in [-0.4, -0.2) is 35.4 Å². The molecule has 0 spiro atoms. The van der Waals surface area contributed by atoms with Crippen LogP contribution < -0.4 is 9.47 Å². The van der Waals surface area contributed by atoms with Gasteiger partial charge in [0.25, 0.3) is 5.91 Å². The lowest BCUT2D eigenvalue weighted by Gasteiger charge is -2.11. The summed E-state index contributed by atoms with van der Waals surface area (Å²) in [6.07, 6.45) is 2.77. The average molecular weight is 337 g/mol. The van der Waals surface area contributed by atoms with Crippen LogP contribution in [0, 0.1) is 0 Å². The van der Waals surface area contributed by atoms with Crippen LogP contribution in [0.1, 0.15) is 25.8 Å². The lowest BCUT2D eigenvalue weighted by Crippen LogP contribution is -2.27. The molecule has 0 atom stereocenters. The molecule has 4 nitrogen and oxygen atoms in total. The largest absolute Gasteiger partial charge is 0.493 e. The minimum Gasteiger partial charge on any atom is -0.493 e. The monoisotopic (exact) mass is 337 g/mol. The first kappa shape index (κ1) is 16.8. The first-order valence-electron chi connectivity index (χ1n) is 7.16. The summed E-state index contributed by atoms with van der Waals surface area (Å²) in [6, 6.07) is 5.64. The number of methoxy groups -OCH3 is 1. The Morgan fingerprint density at radius 3 is 2.68 bits per heavy atom. The van der Waals surface area contributed by atoms with Gasteiger partial charge in [-0.05, 0) is 37.1 Å². The van der Waals surface area contributed by atoms with Gasteiger partial charge in [-0.25, -0.2) is 0 Å². The van der Waals surface area contributed by atoms with Gasteiger partial charge in [0.05, 0.1) is 18.6 Å². The molecule has 0 aromatic heterocycles. The highest BCUT2D eigenvalue weighted by Crippen LogP contribution is 2.34. The molecule has 0 aliphatic carbocycles.